The minimum atomic E-state index is -3.87. The number of fused-ring (bicyclic) bond motifs is 1. The lowest BCUT2D eigenvalue weighted by Crippen LogP contribution is -2.58. The molecule has 2 aliphatic rings. The van der Waals surface area contributed by atoms with E-state index in [0.29, 0.717) is 18.9 Å². The Labute approximate surface area is 156 Å². The van der Waals surface area contributed by atoms with Crippen molar-refractivity contribution in [2.75, 3.05) is 11.9 Å². The fourth-order valence-corrected chi connectivity index (χ4v) is 6.49. The number of nitrogens with zero attached hydrogens (tertiary/aromatic N) is 4. The smallest absolute Gasteiger partial charge is 0.267 e. The zero-order valence-corrected chi connectivity index (χ0v) is 16.8. The van der Waals surface area contributed by atoms with Gasteiger partial charge in [-0.05, 0) is 37.2 Å². The molecule has 4 rings (SSSR count). The Morgan fingerprint density at radius 2 is 2.08 bits per heavy atom. The molecular formula is C14H17IN4O3S2. The number of hydrogen-bond acceptors (Lipinski definition) is 6. The third-order valence-corrected chi connectivity index (χ3v) is 8.36. The van der Waals surface area contributed by atoms with Gasteiger partial charge in [-0.1, -0.05) is 0 Å². The Morgan fingerprint density at radius 3 is 2.71 bits per heavy atom. The molecule has 0 radical (unpaired) electrons. The Hall–Kier alpha value is -0.590. The van der Waals surface area contributed by atoms with Crippen molar-refractivity contribution in [1.29, 1.82) is 0 Å². The minimum Gasteiger partial charge on any atom is -0.356 e. The van der Waals surface area contributed by atoms with Gasteiger partial charge in [0.25, 0.3) is 10.1 Å². The van der Waals surface area contributed by atoms with Crippen LogP contribution >= 0.6 is 30.3 Å². The number of halogens is 1. The van der Waals surface area contributed by atoms with Crippen LogP contribution in [-0.2, 0) is 10.1 Å². The number of rotatable bonds is 4. The highest BCUT2D eigenvalue weighted by atomic mass is 127. The van der Waals surface area contributed by atoms with Crippen LogP contribution in [0.25, 0.3) is 11.0 Å². The van der Waals surface area contributed by atoms with E-state index in [2.05, 4.69) is 36.1 Å². The molecule has 0 atom stereocenters. The second-order valence-corrected chi connectivity index (χ2v) is 10.3. The highest BCUT2D eigenvalue weighted by Crippen LogP contribution is 2.59. The Morgan fingerprint density at radius 1 is 1.38 bits per heavy atom. The summed E-state index contributed by atoms with van der Waals surface area (Å²) < 4.78 is 33.5. The molecule has 10 heteroatoms. The third-order valence-electron chi connectivity index (χ3n) is 5.46. The summed E-state index contributed by atoms with van der Waals surface area (Å²) in [6.45, 7) is 0. The molecule has 0 saturated heterocycles. The van der Waals surface area contributed by atoms with Gasteiger partial charge in [-0.15, -0.1) is 0 Å². The van der Waals surface area contributed by atoms with Crippen molar-refractivity contribution >= 4 is 57.3 Å². The first-order chi connectivity index (χ1) is 11.3. The maximum atomic E-state index is 11.2. The summed E-state index contributed by atoms with van der Waals surface area (Å²) in [5.74, 6) is 0.912. The summed E-state index contributed by atoms with van der Waals surface area (Å²) in [5.41, 5.74) is 0.991. The van der Waals surface area contributed by atoms with E-state index in [4.69, 9.17) is 4.55 Å². The molecule has 2 heterocycles. The van der Waals surface area contributed by atoms with Crippen molar-refractivity contribution in [1.82, 2.24) is 13.9 Å². The molecule has 2 aromatic heterocycles. The average molecular weight is 480 g/mol. The van der Waals surface area contributed by atoms with Crippen molar-refractivity contribution in [3.63, 3.8) is 0 Å². The summed E-state index contributed by atoms with van der Waals surface area (Å²) in [5, 5.41) is 0.457. The predicted octanol–water partition coefficient (Wildman–Crippen LogP) is 2.91. The molecule has 0 aliphatic heterocycles. The van der Waals surface area contributed by atoms with Crippen LogP contribution in [-0.4, -0.2) is 45.3 Å². The predicted molar refractivity (Wildman–Crippen MR) is 103 cm³/mol. The van der Waals surface area contributed by atoms with Crippen molar-refractivity contribution in [2.45, 2.75) is 37.0 Å². The van der Waals surface area contributed by atoms with Crippen molar-refractivity contribution < 1.29 is 13.0 Å². The average Bonchev–Trinajstić information content (AvgIpc) is 2.85. The molecule has 0 bridgehead atoms. The van der Waals surface area contributed by atoms with Crippen molar-refractivity contribution in [3.8, 4) is 0 Å². The van der Waals surface area contributed by atoms with E-state index in [0.717, 1.165) is 29.7 Å². The lowest BCUT2D eigenvalue weighted by molar-refractivity contribution is 0.0117. The zero-order valence-electron chi connectivity index (χ0n) is 13.0. The fourth-order valence-electron chi connectivity index (χ4n) is 4.09. The van der Waals surface area contributed by atoms with Gasteiger partial charge in [0, 0.05) is 49.6 Å². The Bertz CT molecular complexity index is 887. The van der Waals surface area contributed by atoms with Crippen LogP contribution in [0.4, 0.5) is 5.82 Å². The molecule has 0 aromatic carbocycles. The maximum absolute atomic E-state index is 11.2. The van der Waals surface area contributed by atoms with Gasteiger partial charge in [-0.25, -0.2) is 9.97 Å². The Balaban J connectivity index is 1.49. The van der Waals surface area contributed by atoms with Gasteiger partial charge in [0.2, 0.25) is 0 Å². The molecule has 2 aromatic rings. The molecule has 2 fully saturated rings. The van der Waals surface area contributed by atoms with Crippen LogP contribution in [0.15, 0.2) is 18.6 Å². The highest BCUT2D eigenvalue weighted by Gasteiger charge is 2.57. The van der Waals surface area contributed by atoms with E-state index in [1.54, 1.807) is 15.4 Å². The molecule has 7 nitrogen and oxygen atoms in total. The SMILES string of the molecule is CN(c1ncnc2c1ccn2SI)C1CC2(C1)CC(S(=O)(=O)O)C2. The minimum absolute atomic E-state index is 0.0928. The summed E-state index contributed by atoms with van der Waals surface area (Å²) in [7, 11) is -0.272. The molecule has 2 saturated carbocycles. The van der Waals surface area contributed by atoms with Gasteiger partial charge < -0.3 is 4.90 Å². The van der Waals surface area contributed by atoms with Crippen LogP contribution in [0, 0.1) is 5.41 Å². The number of anilines is 1. The first kappa shape index (κ1) is 16.9. The molecule has 1 N–H and O–H groups in total. The van der Waals surface area contributed by atoms with E-state index in [1.807, 2.05) is 23.3 Å². The summed E-state index contributed by atoms with van der Waals surface area (Å²) in [6, 6.07) is 2.37. The summed E-state index contributed by atoms with van der Waals surface area (Å²) in [6.07, 6.45) is 6.63. The van der Waals surface area contributed by atoms with E-state index in [1.165, 1.54) is 0 Å². The fraction of sp³-hybridized carbons (Fsp3) is 0.571. The molecule has 1 spiro atoms. The molecule has 130 valence electrons. The highest BCUT2D eigenvalue weighted by molar-refractivity contribution is 14.2. The van der Waals surface area contributed by atoms with Gasteiger partial charge in [-0.3, -0.25) is 8.53 Å². The second-order valence-electron chi connectivity index (χ2n) is 6.86. The summed E-state index contributed by atoms with van der Waals surface area (Å²) >= 11 is 2.22. The zero-order chi connectivity index (χ0) is 17.1. The first-order valence-corrected chi connectivity index (χ1v) is 12.5. The van der Waals surface area contributed by atoms with E-state index >= 15 is 0 Å². The first-order valence-electron chi connectivity index (χ1n) is 7.63. The lowest BCUT2D eigenvalue weighted by atomic mass is 9.53. The third kappa shape index (κ3) is 2.61. The van der Waals surface area contributed by atoms with Crippen LogP contribution in [0.2, 0.25) is 0 Å². The molecular weight excluding hydrogens is 463 g/mol. The van der Waals surface area contributed by atoms with Crippen molar-refractivity contribution in [3.05, 3.63) is 18.6 Å². The van der Waals surface area contributed by atoms with E-state index in [-0.39, 0.29) is 5.41 Å². The monoisotopic (exact) mass is 480 g/mol. The maximum Gasteiger partial charge on any atom is 0.267 e. The standard InChI is InChI=1S/C14H17IN4O3S2/c1-18(9-4-14(5-9)6-10(7-14)24(20,21)22)12-11-2-3-19(23-15)13(11)17-8-16-12/h2-3,8-10H,4-7H2,1H3,(H,20,21,22). The van der Waals surface area contributed by atoms with E-state index < -0.39 is 15.4 Å². The quantitative estimate of drug-likeness (QED) is 0.532. The number of aromatic nitrogens is 3. The van der Waals surface area contributed by atoms with Crippen molar-refractivity contribution in [2.24, 2.45) is 5.41 Å². The van der Waals surface area contributed by atoms with Gasteiger partial charge >= 0.3 is 0 Å². The molecule has 0 amide bonds. The normalized spacial score (nSPS) is 29.5. The number of hydrogen-bond donors (Lipinski definition) is 1. The molecule has 24 heavy (non-hydrogen) atoms. The Kier molecular flexibility index (Phi) is 4.01. The van der Waals surface area contributed by atoms with Gasteiger partial charge in [0.1, 0.15) is 12.1 Å². The van der Waals surface area contributed by atoms with Gasteiger partial charge in [0.05, 0.1) is 10.6 Å². The van der Waals surface area contributed by atoms with Gasteiger partial charge in [0.15, 0.2) is 5.65 Å². The topological polar surface area (TPSA) is 88.3 Å². The van der Waals surface area contributed by atoms with Crippen LogP contribution in [0.1, 0.15) is 25.7 Å². The molecule has 0 unspecified atom stereocenters. The molecule has 2 aliphatic carbocycles. The van der Waals surface area contributed by atoms with Crippen LogP contribution < -0.4 is 4.90 Å². The lowest BCUT2D eigenvalue weighted by Gasteiger charge is -2.58. The van der Waals surface area contributed by atoms with Crippen LogP contribution in [0.3, 0.4) is 0 Å². The largest absolute Gasteiger partial charge is 0.356 e. The van der Waals surface area contributed by atoms with Crippen LogP contribution in [0.5, 0.6) is 0 Å². The summed E-state index contributed by atoms with van der Waals surface area (Å²) in [4.78, 5) is 11.0. The second kappa shape index (κ2) is 5.71. The van der Waals surface area contributed by atoms with E-state index in [9.17, 15) is 8.42 Å². The van der Waals surface area contributed by atoms with Gasteiger partial charge in [-0.2, -0.15) is 8.42 Å².